The van der Waals surface area contributed by atoms with Crippen LogP contribution in [0.25, 0.3) is 0 Å². The van der Waals surface area contributed by atoms with Crippen LogP contribution in [0.1, 0.15) is 42.4 Å². The van der Waals surface area contributed by atoms with Crippen molar-refractivity contribution in [3.63, 3.8) is 0 Å². The van der Waals surface area contributed by atoms with Gasteiger partial charge in [-0.1, -0.05) is 38.1 Å². The molecule has 2 rings (SSSR count). The minimum atomic E-state index is 0.354. The van der Waals surface area contributed by atoms with E-state index in [1.165, 1.54) is 11.1 Å². The lowest BCUT2D eigenvalue weighted by atomic mass is 10.1. The zero-order chi connectivity index (χ0) is 14.0. The van der Waals surface area contributed by atoms with Crippen molar-refractivity contribution in [3.8, 4) is 0 Å². The molecule has 1 aromatic carbocycles. The molecular formula is C15H18IN3. The van der Waals surface area contributed by atoms with Crippen molar-refractivity contribution in [2.75, 3.05) is 5.73 Å². The minimum absolute atomic E-state index is 0.354. The van der Waals surface area contributed by atoms with E-state index in [1.807, 2.05) is 12.1 Å². The Morgan fingerprint density at radius 1 is 1.21 bits per heavy atom. The van der Waals surface area contributed by atoms with Crippen LogP contribution in [0, 0.1) is 10.5 Å². The van der Waals surface area contributed by atoms with Crippen LogP contribution in [-0.2, 0) is 6.42 Å². The van der Waals surface area contributed by atoms with Crippen LogP contribution in [0.5, 0.6) is 0 Å². The van der Waals surface area contributed by atoms with Gasteiger partial charge >= 0.3 is 0 Å². The van der Waals surface area contributed by atoms with E-state index in [0.29, 0.717) is 11.7 Å². The predicted octanol–water partition coefficient (Wildman–Crippen LogP) is 3.69. The monoisotopic (exact) mass is 367 g/mol. The third kappa shape index (κ3) is 3.23. The molecule has 0 aliphatic rings. The largest absolute Gasteiger partial charge is 0.383 e. The lowest BCUT2D eigenvalue weighted by Gasteiger charge is -2.12. The number of hydrogen-bond acceptors (Lipinski definition) is 3. The van der Waals surface area contributed by atoms with Gasteiger partial charge in [0, 0.05) is 6.42 Å². The Balaban J connectivity index is 2.39. The maximum Gasteiger partial charge on any atom is 0.140 e. The second kappa shape index (κ2) is 5.86. The molecule has 19 heavy (non-hydrogen) atoms. The molecule has 2 N–H and O–H groups in total. The van der Waals surface area contributed by atoms with Gasteiger partial charge in [-0.25, -0.2) is 9.97 Å². The average molecular weight is 367 g/mol. The highest BCUT2D eigenvalue weighted by atomic mass is 127. The molecule has 0 amide bonds. The van der Waals surface area contributed by atoms with Crippen molar-refractivity contribution in [3.05, 3.63) is 50.5 Å². The summed E-state index contributed by atoms with van der Waals surface area (Å²) in [5.74, 6) is 1.74. The van der Waals surface area contributed by atoms with E-state index < -0.39 is 0 Å². The number of aromatic nitrogens is 2. The van der Waals surface area contributed by atoms with Crippen LogP contribution in [0.4, 0.5) is 5.82 Å². The van der Waals surface area contributed by atoms with E-state index in [1.54, 1.807) is 0 Å². The molecule has 0 saturated heterocycles. The fraction of sp³-hybridized carbons (Fsp3) is 0.333. The van der Waals surface area contributed by atoms with Crippen LogP contribution in [0.15, 0.2) is 24.3 Å². The van der Waals surface area contributed by atoms with Gasteiger partial charge in [0.25, 0.3) is 0 Å². The molecule has 1 heterocycles. The Labute approximate surface area is 127 Å². The van der Waals surface area contributed by atoms with Gasteiger partial charge in [-0.3, -0.25) is 0 Å². The second-order valence-corrected chi connectivity index (χ2v) is 6.06. The highest BCUT2D eigenvalue weighted by Gasteiger charge is 2.13. The molecule has 0 bridgehead atoms. The summed E-state index contributed by atoms with van der Waals surface area (Å²) in [4.78, 5) is 9.08. The average Bonchev–Trinajstić information content (AvgIpc) is 2.36. The zero-order valence-corrected chi connectivity index (χ0v) is 13.6. The third-order valence-electron chi connectivity index (χ3n) is 3.11. The lowest BCUT2D eigenvalue weighted by Crippen LogP contribution is -2.09. The van der Waals surface area contributed by atoms with Crippen LogP contribution in [0.2, 0.25) is 0 Å². The van der Waals surface area contributed by atoms with E-state index >= 15 is 0 Å². The molecule has 2 aromatic rings. The van der Waals surface area contributed by atoms with Crippen LogP contribution >= 0.6 is 22.6 Å². The Hall–Kier alpha value is -1.17. The molecule has 0 fully saturated rings. The summed E-state index contributed by atoms with van der Waals surface area (Å²) in [6.45, 7) is 6.36. The van der Waals surface area contributed by atoms with Gasteiger partial charge < -0.3 is 5.73 Å². The topological polar surface area (TPSA) is 51.8 Å². The van der Waals surface area contributed by atoms with Crippen molar-refractivity contribution in [2.24, 2.45) is 0 Å². The normalized spacial score (nSPS) is 11.0. The molecular weight excluding hydrogens is 349 g/mol. The third-order valence-corrected chi connectivity index (χ3v) is 4.21. The van der Waals surface area contributed by atoms with Crippen molar-refractivity contribution in [1.29, 1.82) is 0 Å². The van der Waals surface area contributed by atoms with Crippen molar-refractivity contribution < 1.29 is 0 Å². The lowest BCUT2D eigenvalue weighted by molar-refractivity contribution is 0.785. The molecule has 0 atom stereocenters. The van der Waals surface area contributed by atoms with E-state index in [0.717, 1.165) is 21.5 Å². The Morgan fingerprint density at radius 3 is 2.53 bits per heavy atom. The smallest absolute Gasteiger partial charge is 0.140 e. The van der Waals surface area contributed by atoms with E-state index in [9.17, 15) is 0 Å². The number of halogens is 1. The highest BCUT2D eigenvalue weighted by Crippen LogP contribution is 2.24. The van der Waals surface area contributed by atoms with Crippen LogP contribution in [0.3, 0.4) is 0 Å². The summed E-state index contributed by atoms with van der Waals surface area (Å²) in [5, 5.41) is 0. The number of benzene rings is 1. The van der Waals surface area contributed by atoms with Crippen LogP contribution in [-0.4, -0.2) is 9.97 Å². The fourth-order valence-corrected chi connectivity index (χ4v) is 2.84. The first-order valence-electron chi connectivity index (χ1n) is 6.35. The summed E-state index contributed by atoms with van der Waals surface area (Å²) >= 11 is 2.22. The van der Waals surface area contributed by atoms with Gasteiger partial charge in [0.1, 0.15) is 11.6 Å². The van der Waals surface area contributed by atoms with E-state index in [2.05, 4.69) is 65.5 Å². The number of nitrogen functional groups attached to an aromatic ring is 1. The van der Waals surface area contributed by atoms with Gasteiger partial charge in [0.2, 0.25) is 0 Å². The molecule has 0 unspecified atom stereocenters. The quantitative estimate of drug-likeness (QED) is 0.842. The molecule has 100 valence electrons. The summed E-state index contributed by atoms with van der Waals surface area (Å²) in [6, 6.07) is 8.31. The van der Waals surface area contributed by atoms with Gasteiger partial charge in [-0.15, -0.1) is 0 Å². The Morgan fingerprint density at radius 2 is 1.89 bits per heavy atom. The fourth-order valence-electron chi connectivity index (χ4n) is 1.97. The first-order valence-corrected chi connectivity index (χ1v) is 7.43. The minimum Gasteiger partial charge on any atom is -0.383 e. The number of nitrogens with zero attached hydrogens (tertiary/aromatic N) is 2. The van der Waals surface area contributed by atoms with Crippen molar-refractivity contribution >= 4 is 28.4 Å². The molecule has 0 saturated carbocycles. The van der Waals surface area contributed by atoms with Crippen LogP contribution < -0.4 is 5.73 Å². The molecule has 0 spiro atoms. The van der Waals surface area contributed by atoms with Crippen molar-refractivity contribution in [1.82, 2.24) is 9.97 Å². The number of rotatable bonds is 3. The Bertz CT molecular complexity index is 594. The van der Waals surface area contributed by atoms with Gasteiger partial charge in [-0.05, 0) is 46.6 Å². The Kier molecular flexibility index (Phi) is 4.39. The number of nitrogens with two attached hydrogens (primary N) is 1. The maximum atomic E-state index is 5.99. The van der Waals surface area contributed by atoms with Crippen molar-refractivity contribution in [2.45, 2.75) is 33.1 Å². The van der Waals surface area contributed by atoms with Gasteiger partial charge in [-0.2, -0.15) is 0 Å². The standard InChI is InChI=1S/C15H18IN3/c1-9(2)14-13(16)15(17)19-12(18-14)8-11-7-5-4-6-10(11)3/h4-7,9H,8H2,1-3H3,(H2,17,18,19). The predicted molar refractivity (Wildman–Crippen MR) is 87.2 cm³/mol. The highest BCUT2D eigenvalue weighted by molar-refractivity contribution is 14.1. The molecule has 0 radical (unpaired) electrons. The first-order chi connectivity index (χ1) is 8.99. The van der Waals surface area contributed by atoms with E-state index in [-0.39, 0.29) is 0 Å². The molecule has 0 aliphatic heterocycles. The molecule has 0 aliphatic carbocycles. The zero-order valence-electron chi connectivity index (χ0n) is 11.4. The summed E-state index contributed by atoms with van der Waals surface area (Å²) in [5.41, 5.74) is 9.54. The summed E-state index contributed by atoms with van der Waals surface area (Å²) in [6.07, 6.45) is 0.730. The molecule has 3 nitrogen and oxygen atoms in total. The number of hydrogen-bond donors (Lipinski definition) is 1. The second-order valence-electron chi connectivity index (χ2n) is 4.98. The number of anilines is 1. The maximum absolute atomic E-state index is 5.99. The summed E-state index contributed by atoms with van der Waals surface area (Å²) in [7, 11) is 0. The molecule has 1 aromatic heterocycles. The number of aryl methyl sites for hydroxylation is 1. The SMILES string of the molecule is Cc1ccccc1Cc1nc(N)c(I)c(C(C)C)n1. The first kappa shape index (κ1) is 14.2. The van der Waals surface area contributed by atoms with Gasteiger partial charge in [0.15, 0.2) is 0 Å². The summed E-state index contributed by atoms with van der Waals surface area (Å²) < 4.78 is 0.973. The van der Waals surface area contributed by atoms with E-state index in [4.69, 9.17) is 5.73 Å². The molecule has 4 heteroatoms. The van der Waals surface area contributed by atoms with Gasteiger partial charge in [0.05, 0.1) is 9.26 Å².